The first-order chi connectivity index (χ1) is 16.0. The summed E-state index contributed by atoms with van der Waals surface area (Å²) in [4.78, 5) is 40.2. The third-order valence-electron chi connectivity index (χ3n) is 5.64. The van der Waals surface area contributed by atoms with Gasteiger partial charge in [-0.1, -0.05) is 49.4 Å². The van der Waals surface area contributed by atoms with Crippen molar-refractivity contribution in [3.8, 4) is 0 Å². The van der Waals surface area contributed by atoms with E-state index in [9.17, 15) is 14.4 Å². The summed E-state index contributed by atoms with van der Waals surface area (Å²) in [7, 11) is 0. The van der Waals surface area contributed by atoms with Gasteiger partial charge in [0.2, 0.25) is 5.91 Å². The van der Waals surface area contributed by atoms with Crippen molar-refractivity contribution in [1.29, 1.82) is 0 Å². The van der Waals surface area contributed by atoms with Crippen LogP contribution in [0.3, 0.4) is 0 Å². The number of benzene rings is 2. The second-order valence-corrected chi connectivity index (χ2v) is 9.55. The molecule has 172 valence electrons. The van der Waals surface area contributed by atoms with E-state index in [0.29, 0.717) is 24.8 Å². The maximum Gasteiger partial charge on any atom is 0.306 e. The van der Waals surface area contributed by atoms with Crippen molar-refractivity contribution in [2.45, 2.75) is 42.8 Å². The molecule has 0 saturated heterocycles. The molecule has 2 heterocycles. The minimum atomic E-state index is -0.561. The van der Waals surface area contributed by atoms with Crippen LogP contribution in [0, 0.1) is 0 Å². The zero-order valence-corrected chi connectivity index (χ0v) is 19.4. The fourth-order valence-corrected chi connectivity index (χ4v) is 4.96. The average Bonchev–Trinajstić information content (AvgIpc) is 3.26. The number of ether oxygens (including phenoxy) is 1. The van der Waals surface area contributed by atoms with Gasteiger partial charge in [-0.2, -0.15) is 5.10 Å². The Morgan fingerprint density at radius 2 is 1.76 bits per heavy atom. The normalized spacial score (nSPS) is 17.7. The average molecular weight is 466 g/mol. The minimum Gasteiger partial charge on any atom is -0.456 e. The number of amides is 2. The molecule has 2 aromatic carbocycles. The Labute approximate surface area is 197 Å². The number of rotatable bonds is 6. The molecule has 0 radical (unpaired) electrons. The molecular weight excluding hydrogens is 438 g/mol. The van der Waals surface area contributed by atoms with Crippen molar-refractivity contribution in [2.24, 2.45) is 5.10 Å². The van der Waals surface area contributed by atoms with Crippen molar-refractivity contribution in [1.82, 2.24) is 5.01 Å². The van der Waals surface area contributed by atoms with Gasteiger partial charge in [0, 0.05) is 29.5 Å². The van der Waals surface area contributed by atoms with Crippen LogP contribution in [0.2, 0.25) is 0 Å². The van der Waals surface area contributed by atoms with Gasteiger partial charge in [0.15, 0.2) is 6.61 Å². The lowest BCUT2D eigenvalue weighted by Gasteiger charge is -2.22. The van der Waals surface area contributed by atoms with Crippen molar-refractivity contribution in [3.05, 3.63) is 60.2 Å². The molecule has 0 aliphatic carbocycles. The third-order valence-corrected chi connectivity index (χ3v) is 6.88. The summed E-state index contributed by atoms with van der Waals surface area (Å²) in [6.07, 6.45) is 1.46. The van der Waals surface area contributed by atoms with Gasteiger partial charge in [-0.3, -0.25) is 14.4 Å². The van der Waals surface area contributed by atoms with Crippen LogP contribution < -0.4 is 4.90 Å². The summed E-state index contributed by atoms with van der Waals surface area (Å²) >= 11 is 1.75. The van der Waals surface area contributed by atoms with Crippen LogP contribution in [0.1, 0.15) is 38.2 Å². The molecule has 8 heteroatoms. The van der Waals surface area contributed by atoms with E-state index in [1.165, 1.54) is 5.01 Å². The van der Waals surface area contributed by atoms with Gasteiger partial charge in [0.05, 0.1) is 24.4 Å². The van der Waals surface area contributed by atoms with Crippen LogP contribution in [0.25, 0.3) is 0 Å². The zero-order valence-electron chi connectivity index (χ0n) is 18.6. The Kier molecular flexibility index (Phi) is 7.44. The van der Waals surface area contributed by atoms with Crippen LogP contribution >= 0.6 is 11.8 Å². The molecular formula is C25H27N3O4S. The molecule has 0 aromatic heterocycles. The molecule has 2 aliphatic rings. The van der Waals surface area contributed by atoms with E-state index >= 15 is 0 Å². The number of carbonyl (C=O) groups excluding carboxylic acids is 3. The highest BCUT2D eigenvalue weighted by molar-refractivity contribution is 8.00. The van der Waals surface area contributed by atoms with E-state index in [4.69, 9.17) is 4.74 Å². The fourth-order valence-electron chi connectivity index (χ4n) is 3.85. The monoisotopic (exact) mass is 465 g/mol. The molecule has 2 aliphatic heterocycles. The number of hydrazone groups is 1. The Morgan fingerprint density at radius 1 is 1.00 bits per heavy atom. The molecule has 1 unspecified atom stereocenters. The second kappa shape index (κ2) is 10.7. The maximum atomic E-state index is 12.8. The first-order valence-electron chi connectivity index (χ1n) is 11.2. The fraction of sp³-hybridized carbons (Fsp3) is 0.360. The van der Waals surface area contributed by atoms with Crippen LogP contribution in [-0.4, -0.2) is 53.5 Å². The van der Waals surface area contributed by atoms with E-state index in [0.717, 1.165) is 28.3 Å². The highest BCUT2D eigenvalue weighted by atomic mass is 32.2. The number of para-hydroxylation sites is 1. The summed E-state index contributed by atoms with van der Waals surface area (Å²) in [6.45, 7) is 2.89. The van der Waals surface area contributed by atoms with Crippen LogP contribution in [0.15, 0.2) is 64.6 Å². The van der Waals surface area contributed by atoms with Crippen molar-refractivity contribution in [2.75, 3.05) is 24.6 Å². The number of hydrogen-bond donors (Lipinski definition) is 0. The number of esters is 1. The quantitative estimate of drug-likeness (QED) is 0.605. The van der Waals surface area contributed by atoms with Gasteiger partial charge in [-0.05, 0) is 24.1 Å². The molecule has 0 bridgehead atoms. The Hall–Kier alpha value is -3.13. The van der Waals surface area contributed by atoms with Crippen molar-refractivity contribution < 1.29 is 19.1 Å². The van der Waals surface area contributed by atoms with Gasteiger partial charge in [-0.15, -0.1) is 11.8 Å². The second-order valence-electron chi connectivity index (χ2n) is 8.07. The van der Waals surface area contributed by atoms with Gasteiger partial charge in [-0.25, -0.2) is 5.01 Å². The number of fused-ring (bicyclic) bond motifs is 1. The lowest BCUT2D eigenvalue weighted by molar-refractivity contribution is -0.149. The third kappa shape index (κ3) is 5.82. The zero-order chi connectivity index (χ0) is 23.2. The van der Waals surface area contributed by atoms with Gasteiger partial charge < -0.3 is 9.64 Å². The van der Waals surface area contributed by atoms with Crippen LogP contribution in [0.5, 0.6) is 0 Å². The first-order valence-corrected chi connectivity index (χ1v) is 12.0. The number of hydrogen-bond acceptors (Lipinski definition) is 6. The molecule has 2 aromatic rings. The summed E-state index contributed by atoms with van der Waals surface area (Å²) in [6, 6.07) is 17.5. The maximum absolute atomic E-state index is 12.8. The number of thioether (sulfide) groups is 1. The first kappa shape index (κ1) is 23.0. The lowest BCUT2D eigenvalue weighted by atomic mass is 10.1. The standard InChI is InChI=1S/C25H27N3O4S/c1-18-13-15-27(21-9-5-6-10-22(21)33-18)24(30)17-32-25(31)12-11-23(29)28-16-14-20(26-28)19-7-3-2-4-8-19/h2-10,18H,11-17H2,1H3. The van der Waals surface area contributed by atoms with E-state index < -0.39 is 5.97 Å². The SMILES string of the molecule is CC1CCN(C(=O)COC(=O)CCC(=O)N2CCC(c3ccccc3)=N2)c2ccccc2S1. The number of anilines is 1. The van der Waals surface area contributed by atoms with E-state index in [1.807, 2.05) is 54.6 Å². The molecule has 0 spiro atoms. The van der Waals surface area contributed by atoms with Crippen LogP contribution in [0.4, 0.5) is 5.69 Å². The predicted molar refractivity (Wildman–Crippen MR) is 128 cm³/mol. The van der Waals surface area contributed by atoms with E-state index in [2.05, 4.69) is 12.0 Å². The highest BCUT2D eigenvalue weighted by Crippen LogP contribution is 2.37. The lowest BCUT2D eigenvalue weighted by Crippen LogP contribution is -2.36. The molecule has 0 fully saturated rings. The highest BCUT2D eigenvalue weighted by Gasteiger charge is 2.26. The van der Waals surface area contributed by atoms with Crippen molar-refractivity contribution in [3.63, 3.8) is 0 Å². The van der Waals surface area contributed by atoms with Crippen molar-refractivity contribution >= 4 is 40.9 Å². The number of nitrogens with zero attached hydrogens (tertiary/aromatic N) is 3. The van der Waals surface area contributed by atoms with Gasteiger partial charge in [0.1, 0.15) is 0 Å². The number of carbonyl (C=O) groups is 3. The molecule has 4 rings (SSSR count). The Balaban J connectivity index is 1.26. The smallest absolute Gasteiger partial charge is 0.306 e. The van der Waals surface area contributed by atoms with Crippen LogP contribution in [-0.2, 0) is 19.1 Å². The molecule has 0 saturated carbocycles. The molecule has 0 N–H and O–H groups in total. The van der Waals surface area contributed by atoms with Gasteiger partial charge >= 0.3 is 5.97 Å². The summed E-state index contributed by atoms with van der Waals surface area (Å²) in [5.41, 5.74) is 2.71. The molecule has 33 heavy (non-hydrogen) atoms. The predicted octanol–water partition coefficient (Wildman–Crippen LogP) is 3.86. The molecule has 2 amide bonds. The topological polar surface area (TPSA) is 79.3 Å². The molecule has 7 nitrogen and oxygen atoms in total. The Morgan fingerprint density at radius 3 is 2.58 bits per heavy atom. The Bertz CT molecular complexity index is 1060. The van der Waals surface area contributed by atoms with E-state index in [1.54, 1.807) is 16.7 Å². The van der Waals surface area contributed by atoms with E-state index in [-0.39, 0.29) is 31.3 Å². The van der Waals surface area contributed by atoms with Gasteiger partial charge in [0.25, 0.3) is 5.91 Å². The molecule has 1 atom stereocenters. The largest absolute Gasteiger partial charge is 0.456 e. The summed E-state index contributed by atoms with van der Waals surface area (Å²) < 4.78 is 5.20. The minimum absolute atomic E-state index is 0.000699. The summed E-state index contributed by atoms with van der Waals surface area (Å²) in [5.74, 6) is -1.04. The summed E-state index contributed by atoms with van der Waals surface area (Å²) in [5, 5.41) is 6.20.